The summed E-state index contributed by atoms with van der Waals surface area (Å²) in [5.41, 5.74) is 5.00. The predicted octanol–water partition coefficient (Wildman–Crippen LogP) is 4.62. The molecule has 0 bridgehead atoms. The monoisotopic (exact) mass is 371 g/mol. The van der Waals surface area contributed by atoms with Gasteiger partial charge in [-0.25, -0.2) is 9.37 Å². The zero-order valence-electron chi connectivity index (χ0n) is 14.4. The molecule has 3 aromatic rings. The number of aromatic nitrogens is 1. The van der Waals surface area contributed by atoms with Crippen LogP contribution in [0, 0.1) is 12.7 Å². The van der Waals surface area contributed by atoms with E-state index in [1.54, 1.807) is 37.6 Å². The first kappa shape index (κ1) is 17.9. The summed E-state index contributed by atoms with van der Waals surface area (Å²) in [6, 6.07) is 12.0. The minimum atomic E-state index is -0.307. The fourth-order valence-electron chi connectivity index (χ4n) is 2.28. The van der Waals surface area contributed by atoms with Gasteiger partial charge < -0.3 is 9.47 Å². The van der Waals surface area contributed by atoms with Gasteiger partial charge in [-0.15, -0.1) is 11.3 Å². The van der Waals surface area contributed by atoms with Gasteiger partial charge in [-0.1, -0.05) is 24.3 Å². The molecule has 0 unspecified atom stereocenters. The highest BCUT2D eigenvalue weighted by atomic mass is 32.1. The molecule has 0 radical (unpaired) electrons. The Balaban J connectivity index is 1.78. The molecule has 3 rings (SSSR count). The highest BCUT2D eigenvalue weighted by Gasteiger charge is 2.11. The van der Waals surface area contributed by atoms with E-state index in [1.165, 1.54) is 17.4 Å². The standard InChI is InChI=1S/C19H18FN3O2S/c1-13-12-26-19(22-13)23-21-10-14-7-5-9-17(24-2)18(14)25-11-15-6-3-4-8-16(15)20/h3-10,12H,11H2,1-2H3,(H,22,23). The fourth-order valence-corrected chi connectivity index (χ4v) is 2.91. The van der Waals surface area contributed by atoms with E-state index in [0.29, 0.717) is 27.8 Å². The van der Waals surface area contributed by atoms with E-state index in [2.05, 4.69) is 15.5 Å². The quantitative estimate of drug-likeness (QED) is 0.486. The van der Waals surface area contributed by atoms with Gasteiger partial charge in [0, 0.05) is 16.5 Å². The Morgan fingerprint density at radius 3 is 2.81 bits per heavy atom. The van der Waals surface area contributed by atoms with Crippen molar-refractivity contribution in [3.05, 3.63) is 70.5 Å². The molecule has 0 fully saturated rings. The zero-order valence-corrected chi connectivity index (χ0v) is 15.2. The first-order valence-electron chi connectivity index (χ1n) is 7.92. The van der Waals surface area contributed by atoms with E-state index in [9.17, 15) is 4.39 Å². The van der Waals surface area contributed by atoms with Crippen molar-refractivity contribution in [1.29, 1.82) is 0 Å². The van der Waals surface area contributed by atoms with Crippen molar-refractivity contribution >= 4 is 22.7 Å². The number of ether oxygens (including phenoxy) is 2. The van der Waals surface area contributed by atoms with Crippen LogP contribution in [-0.2, 0) is 6.61 Å². The molecule has 1 aromatic heterocycles. The molecule has 1 heterocycles. The molecule has 0 saturated heterocycles. The van der Waals surface area contributed by atoms with Crippen LogP contribution >= 0.6 is 11.3 Å². The Labute approximate surface area is 155 Å². The molecule has 2 aromatic carbocycles. The summed E-state index contributed by atoms with van der Waals surface area (Å²) in [4.78, 5) is 4.28. The minimum absolute atomic E-state index is 0.0903. The number of methoxy groups -OCH3 is 1. The summed E-state index contributed by atoms with van der Waals surface area (Å²) in [5, 5.41) is 6.84. The fraction of sp³-hybridized carbons (Fsp3) is 0.158. The van der Waals surface area contributed by atoms with Gasteiger partial charge in [0.05, 0.1) is 19.0 Å². The maximum absolute atomic E-state index is 13.8. The summed E-state index contributed by atoms with van der Waals surface area (Å²) in [7, 11) is 1.56. The van der Waals surface area contributed by atoms with Crippen LogP contribution in [0.2, 0.25) is 0 Å². The van der Waals surface area contributed by atoms with Crippen LogP contribution < -0.4 is 14.9 Å². The first-order chi connectivity index (χ1) is 12.7. The Morgan fingerprint density at radius 1 is 1.23 bits per heavy atom. The van der Waals surface area contributed by atoms with Gasteiger partial charge >= 0.3 is 0 Å². The van der Waals surface area contributed by atoms with Crippen LogP contribution in [-0.4, -0.2) is 18.3 Å². The molecule has 26 heavy (non-hydrogen) atoms. The van der Waals surface area contributed by atoms with E-state index in [0.717, 1.165) is 5.69 Å². The average molecular weight is 371 g/mol. The Morgan fingerprint density at radius 2 is 2.08 bits per heavy atom. The number of thiazole rings is 1. The van der Waals surface area contributed by atoms with E-state index in [-0.39, 0.29) is 12.4 Å². The molecule has 0 saturated carbocycles. The van der Waals surface area contributed by atoms with Crippen molar-refractivity contribution < 1.29 is 13.9 Å². The average Bonchev–Trinajstić information content (AvgIpc) is 3.06. The first-order valence-corrected chi connectivity index (χ1v) is 8.79. The SMILES string of the molecule is COc1cccc(C=NNc2nc(C)cs2)c1OCc1ccccc1F. The number of hydrogen-bond acceptors (Lipinski definition) is 6. The van der Waals surface area contributed by atoms with Crippen molar-refractivity contribution in [3.63, 3.8) is 0 Å². The summed E-state index contributed by atoms with van der Waals surface area (Å²) < 4.78 is 25.0. The lowest BCUT2D eigenvalue weighted by Crippen LogP contribution is -2.03. The molecule has 5 nitrogen and oxygen atoms in total. The predicted molar refractivity (Wildman–Crippen MR) is 102 cm³/mol. The van der Waals surface area contributed by atoms with Gasteiger partial charge in [0.2, 0.25) is 5.13 Å². The van der Waals surface area contributed by atoms with Crippen LogP contribution in [0.25, 0.3) is 0 Å². The van der Waals surface area contributed by atoms with Crippen LogP contribution in [0.15, 0.2) is 52.9 Å². The number of rotatable bonds is 7. The number of nitrogens with one attached hydrogen (secondary N) is 1. The molecule has 0 spiro atoms. The molecule has 0 aliphatic rings. The molecule has 0 aliphatic carbocycles. The smallest absolute Gasteiger partial charge is 0.203 e. The van der Waals surface area contributed by atoms with Crippen molar-refractivity contribution in [3.8, 4) is 11.5 Å². The largest absolute Gasteiger partial charge is 0.493 e. The number of nitrogens with zero attached hydrogens (tertiary/aromatic N) is 2. The number of hydrazone groups is 1. The lowest BCUT2D eigenvalue weighted by atomic mass is 10.2. The number of aryl methyl sites for hydroxylation is 1. The molecule has 7 heteroatoms. The lowest BCUT2D eigenvalue weighted by molar-refractivity contribution is 0.279. The lowest BCUT2D eigenvalue weighted by Gasteiger charge is -2.13. The van der Waals surface area contributed by atoms with Crippen LogP contribution in [0.3, 0.4) is 0 Å². The third-order valence-electron chi connectivity index (χ3n) is 3.54. The minimum Gasteiger partial charge on any atom is -0.493 e. The van der Waals surface area contributed by atoms with E-state index < -0.39 is 0 Å². The molecule has 0 atom stereocenters. The van der Waals surface area contributed by atoms with Crippen molar-refractivity contribution in [2.24, 2.45) is 5.10 Å². The second kappa shape index (κ2) is 8.44. The third kappa shape index (κ3) is 4.37. The molecule has 0 aliphatic heterocycles. The Bertz CT molecular complexity index is 911. The zero-order chi connectivity index (χ0) is 18.4. The molecular weight excluding hydrogens is 353 g/mol. The normalized spacial score (nSPS) is 10.9. The van der Waals surface area contributed by atoms with E-state index in [1.807, 2.05) is 24.4 Å². The second-order valence-corrected chi connectivity index (χ2v) is 6.28. The second-order valence-electron chi connectivity index (χ2n) is 5.42. The number of anilines is 1. The highest BCUT2D eigenvalue weighted by molar-refractivity contribution is 7.13. The molecule has 134 valence electrons. The van der Waals surface area contributed by atoms with Crippen LogP contribution in [0.5, 0.6) is 11.5 Å². The number of hydrogen-bond donors (Lipinski definition) is 1. The van der Waals surface area contributed by atoms with E-state index >= 15 is 0 Å². The number of benzene rings is 2. The highest BCUT2D eigenvalue weighted by Crippen LogP contribution is 2.31. The summed E-state index contributed by atoms with van der Waals surface area (Å²) in [5.74, 6) is 0.743. The van der Waals surface area contributed by atoms with Crippen molar-refractivity contribution in [1.82, 2.24) is 4.98 Å². The van der Waals surface area contributed by atoms with Crippen molar-refractivity contribution in [2.75, 3.05) is 12.5 Å². The Kier molecular flexibility index (Phi) is 5.80. The van der Waals surface area contributed by atoms with Gasteiger partial charge in [0.1, 0.15) is 12.4 Å². The molecule has 0 amide bonds. The van der Waals surface area contributed by atoms with Gasteiger partial charge in [-0.05, 0) is 25.1 Å². The topological polar surface area (TPSA) is 55.7 Å². The maximum atomic E-state index is 13.8. The number of halogens is 1. The van der Waals surface area contributed by atoms with Gasteiger partial charge in [-0.2, -0.15) is 5.10 Å². The number of para-hydroxylation sites is 1. The molecule has 1 N–H and O–H groups in total. The van der Waals surface area contributed by atoms with E-state index in [4.69, 9.17) is 9.47 Å². The Hall–Kier alpha value is -2.93. The third-order valence-corrected chi connectivity index (χ3v) is 4.41. The van der Waals surface area contributed by atoms with Gasteiger partial charge in [-0.3, -0.25) is 5.43 Å². The molecular formula is C19H18FN3O2S. The summed E-state index contributed by atoms with van der Waals surface area (Å²) in [6.07, 6.45) is 1.62. The van der Waals surface area contributed by atoms with Crippen LogP contribution in [0.1, 0.15) is 16.8 Å². The summed E-state index contributed by atoms with van der Waals surface area (Å²) >= 11 is 1.47. The van der Waals surface area contributed by atoms with Gasteiger partial charge in [0.25, 0.3) is 0 Å². The van der Waals surface area contributed by atoms with Crippen molar-refractivity contribution in [2.45, 2.75) is 13.5 Å². The summed E-state index contributed by atoms with van der Waals surface area (Å²) in [6.45, 7) is 2.01. The van der Waals surface area contributed by atoms with Gasteiger partial charge in [0.15, 0.2) is 11.5 Å². The maximum Gasteiger partial charge on any atom is 0.203 e. The van der Waals surface area contributed by atoms with Crippen LogP contribution in [0.4, 0.5) is 9.52 Å².